The lowest BCUT2D eigenvalue weighted by atomic mass is 10.2. The summed E-state index contributed by atoms with van der Waals surface area (Å²) in [5.41, 5.74) is 2.29. The van der Waals surface area contributed by atoms with Crippen LogP contribution < -0.4 is 4.90 Å². The summed E-state index contributed by atoms with van der Waals surface area (Å²) in [5, 5.41) is 12.1. The van der Waals surface area contributed by atoms with Crippen LogP contribution in [0.4, 0.5) is 5.69 Å². The molecule has 0 spiro atoms. The van der Waals surface area contributed by atoms with E-state index in [1.54, 1.807) is 7.05 Å². The van der Waals surface area contributed by atoms with E-state index in [1.807, 2.05) is 23.1 Å². The molecule has 1 atom stereocenters. The first-order valence-electron chi connectivity index (χ1n) is 8.17. The predicted molar refractivity (Wildman–Crippen MR) is 86.4 cm³/mol. The number of morpholine rings is 1. The lowest BCUT2D eigenvalue weighted by Gasteiger charge is -2.32. The van der Waals surface area contributed by atoms with E-state index in [2.05, 4.69) is 26.4 Å². The van der Waals surface area contributed by atoms with Crippen LogP contribution in [0.2, 0.25) is 0 Å². The van der Waals surface area contributed by atoms with Crippen molar-refractivity contribution in [2.24, 2.45) is 7.05 Å². The maximum absolute atomic E-state index is 12.7. The van der Waals surface area contributed by atoms with Crippen LogP contribution in [0, 0.1) is 0 Å². The minimum atomic E-state index is -0.230. The second-order valence-corrected chi connectivity index (χ2v) is 6.16. The molecule has 1 unspecified atom stereocenters. The minimum Gasteiger partial charge on any atom is -0.367 e. The minimum absolute atomic E-state index is 0.132. The maximum Gasteiger partial charge on any atom is 0.241 e. The van der Waals surface area contributed by atoms with Gasteiger partial charge >= 0.3 is 0 Å². The van der Waals surface area contributed by atoms with Crippen LogP contribution >= 0.6 is 0 Å². The lowest BCUT2D eigenvalue weighted by molar-refractivity contribution is -0.121. The van der Waals surface area contributed by atoms with Crippen LogP contribution in [0.3, 0.4) is 0 Å². The summed E-state index contributed by atoms with van der Waals surface area (Å²) in [6, 6.07) is 8.11. The number of carbonyl (C=O) groups excluding carboxylic acids is 1. The number of benzene rings is 1. The topological polar surface area (TPSA) is 76.4 Å². The van der Waals surface area contributed by atoms with E-state index in [9.17, 15) is 4.79 Å². The van der Waals surface area contributed by atoms with Gasteiger partial charge in [-0.1, -0.05) is 18.2 Å². The summed E-state index contributed by atoms with van der Waals surface area (Å²) in [7, 11) is 1.73. The number of anilines is 1. The molecule has 0 saturated carbocycles. The Morgan fingerprint density at radius 2 is 2.21 bits per heavy atom. The SMILES string of the molecule is Cn1nnc(C2CN(CC(=O)N3CCc4ccccc43)CCO2)n1. The van der Waals surface area contributed by atoms with Crippen molar-refractivity contribution in [3.8, 4) is 0 Å². The van der Waals surface area contributed by atoms with Gasteiger partial charge in [0.2, 0.25) is 11.7 Å². The molecule has 8 heteroatoms. The molecule has 1 saturated heterocycles. The van der Waals surface area contributed by atoms with Crippen molar-refractivity contribution in [2.75, 3.05) is 37.7 Å². The third-order valence-electron chi connectivity index (χ3n) is 4.51. The highest BCUT2D eigenvalue weighted by Crippen LogP contribution is 2.28. The Morgan fingerprint density at radius 1 is 1.33 bits per heavy atom. The fraction of sp³-hybridized carbons (Fsp3) is 0.500. The summed E-state index contributed by atoms with van der Waals surface area (Å²) in [4.78, 5) is 18.1. The van der Waals surface area contributed by atoms with Crippen molar-refractivity contribution in [1.82, 2.24) is 25.1 Å². The molecule has 1 amide bonds. The van der Waals surface area contributed by atoms with Crippen LogP contribution in [0.15, 0.2) is 24.3 Å². The predicted octanol–water partition coefficient (Wildman–Crippen LogP) is 0.173. The summed E-state index contributed by atoms with van der Waals surface area (Å²) in [6.45, 7) is 3.05. The van der Waals surface area contributed by atoms with Crippen molar-refractivity contribution in [3.05, 3.63) is 35.7 Å². The Balaban J connectivity index is 1.41. The number of hydrogen-bond donors (Lipinski definition) is 0. The number of amides is 1. The molecule has 2 aliphatic rings. The Kier molecular flexibility index (Phi) is 3.99. The molecule has 1 aromatic carbocycles. The summed E-state index contributed by atoms with van der Waals surface area (Å²) < 4.78 is 5.73. The van der Waals surface area contributed by atoms with E-state index in [4.69, 9.17) is 4.74 Å². The third-order valence-corrected chi connectivity index (χ3v) is 4.51. The van der Waals surface area contributed by atoms with E-state index < -0.39 is 0 Å². The summed E-state index contributed by atoms with van der Waals surface area (Å²) >= 11 is 0. The summed E-state index contributed by atoms with van der Waals surface area (Å²) in [6.07, 6.45) is 0.697. The average Bonchev–Trinajstić information content (AvgIpc) is 3.21. The third kappa shape index (κ3) is 2.90. The molecule has 2 aromatic rings. The van der Waals surface area contributed by atoms with Crippen molar-refractivity contribution in [1.29, 1.82) is 0 Å². The van der Waals surface area contributed by atoms with Crippen molar-refractivity contribution in [2.45, 2.75) is 12.5 Å². The van der Waals surface area contributed by atoms with Crippen LogP contribution in [0.1, 0.15) is 17.5 Å². The number of fused-ring (bicyclic) bond motifs is 1. The van der Waals surface area contributed by atoms with Crippen molar-refractivity contribution >= 4 is 11.6 Å². The van der Waals surface area contributed by atoms with Gasteiger partial charge < -0.3 is 9.64 Å². The first kappa shape index (κ1) is 15.2. The quantitative estimate of drug-likeness (QED) is 0.800. The zero-order chi connectivity index (χ0) is 16.5. The number of ether oxygens (including phenoxy) is 1. The number of aromatic nitrogens is 4. The highest BCUT2D eigenvalue weighted by molar-refractivity contribution is 5.96. The standard InChI is InChI=1S/C16H20N6O2/c1-20-18-16(17-19-20)14-10-21(8-9-24-14)11-15(23)22-7-6-12-4-2-3-5-13(12)22/h2-5,14H,6-11H2,1H3. The number of carbonyl (C=O) groups is 1. The van der Waals surface area contributed by atoms with Gasteiger partial charge in [0.1, 0.15) is 6.10 Å². The smallest absolute Gasteiger partial charge is 0.241 e. The number of tetrazole rings is 1. The number of hydrogen-bond acceptors (Lipinski definition) is 6. The number of aryl methyl sites for hydroxylation is 1. The normalized spacial score (nSPS) is 21.0. The number of nitrogens with zero attached hydrogens (tertiary/aromatic N) is 6. The van der Waals surface area contributed by atoms with Crippen LogP contribution in [0.25, 0.3) is 0 Å². The van der Waals surface area contributed by atoms with Gasteiger partial charge in [0.25, 0.3) is 0 Å². The molecule has 4 rings (SSSR count). The molecular weight excluding hydrogens is 308 g/mol. The molecule has 2 aliphatic heterocycles. The van der Waals surface area contributed by atoms with E-state index >= 15 is 0 Å². The van der Waals surface area contributed by atoms with Crippen molar-refractivity contribution < 1.29 is 9.53 Å². The fourth-order valence-corrected chi connectivity index (χ4v) is 3.30. The van der Waals surface area contributed by atoms with Gasteiger partial charge in [0.15, 0.2) is 0 Å². The zero-order valence-electron chi connectivity index (χ0n) is 13.6. The highest BCUT2D eigenvalue weighted by Gasteiger charge is 2.30. The molecule has 0 bridgehead atoms. The van der Waals surface area contributed by atoms with Crippen molar-refractivity contribution in [3.63, 3.8) is 0 Å². The zero-order valence-corrected chi connectivity index (χ0v) is 13.6. The van der Waals surface area contributed by atoms with Gasteiger partial charge in [-0.05, 0) is 23.3 Å². The van der Waals surface area contributed by atoms with Gasteiger partial charge in [-0.15, -0.1) is 10.2 Å². The molecular formula is C16H20N6O2. The van der Waals surface area contributed by atoms with Gasteiger partial charge in [-0.2, -0.15) is 4.80 Å². The van der Waals surface area contributed by atoms with E-state index in [-0.39, 0.29) is 12.0 Å². The molecule has 0 radical (unpaired) electrons. The first-order chi connectivity index (χ1) is 11.7. The second-order valence-electron chi connectivity index (χ2n) is 6.16. The molecule has 1 fully saturated rings. The largest absolute Gasteiger partial charge is 0.367 e. The Labute approximate surface area is 140 Å². The molecule has 0 aliphatic carbocycles. The van der Waals surface area contributed by atoms with Crippen LogP contribution in [0.5, 0.6) is 0 Å². The molecule has 8 nitrogen and oxygen atoms in total. The average molecular weight is 328 g/mol. The van der Waals surface area contributed by atoms with Gasteiger partial charge in [0, 0.05) is 25.3 Å². The Hall–Kier alpha value is -2.32. The number of para-hydroxylation sites is 1. The van der Waals surface area contributed by atoms with E-state index in [0.717, 1.165) is 25.2 Å². The second kappa shape index (κ2) is 6.29. The highest BCUT2D eigenvalue weighted by atomic mass is 16.5. The molecule has 1 aromatic heterocycles. The molecule has 24 heavy (non-hydrogen) atoms. The molecule has 126 valence electrons. The monoisotopic (exact) mass is 328 g/mol. The molecule has 0 N–H and O–H groups in total. The van der Waals surface area contributed by atoms with E-state index in [0.29, 0.717) is 25.5 Å². The Morgan fingerprint density at radius 3 is 3.04 bits per heavy atom. The first-order valence-corrected chi connectivity index (χ1v) is 8.17. The van der Waals surface area contributed by atoms with E-state index in [1.165, 1.54) is 10.4 Å². The molecule has 3 heterocycles. The lowest BCUT2D eigenvalue weighted by Crippen LogP contribution is -2.45. The Bertz CT molecular complexity index is 746. The van der Waals surface area contributed by atoms with Gasteiger partial charge in [-0.3, -0.25) is 9.69 Å². The fourth-order valence-electron chi connectivity index (χ4n) is 3.30. The number of rotatable bonds is 3. The van der Waals surface area contributed by atoms with Gasteiger partial charge in [-0.25, -0.2) is 0 Å². The van der Waals surface area contributed by atoms with Gasteiger partial charge in [0.05, 0.1) is 20.2 Å². The maximum atomic E-state index is 12.7. The summed E-state index contributed by atoms with van der Waals surface area (Å²) in [5.74, 6) is 0.703. The van der Waals surface area contributed by atoms with Crippen LogP contribution in [-0.4, -0.2) is 63.8 Å². The van der Waals surface area contributed by atoms with Crippen LogP contribution in [-0.2, 0) is 23.0 Å².